The molecule has 84 heavy (non-hydrogen) atoms. The zero-order chi connectivity index (χ0) is 56.0. The van der Waals surface area contributed by atoms with E-state index in [0.717, 1.165) is 89.9 Å². The van der Waals surface area contributed by atoms with E-state index < -0.39 is 0 Å². The van der Waals surface area contributed by atoms with Crippen LogP contribution in [0.25, 0.3) is 100 Å². The summed E-state index contributed by atoms with van der Waals surface area (Å²) in [6.07, 6.45) is 0. The van der Waals surface area contributed by atoms with Crippen LogP contribution in [0.5, 0.6) is 0 Å². The molecule has 4 heteroatoms. The van der Waals surface area contributed by atoms with Crippen LogP contribution in [0.4, 0.5) is 34.1 Å². The van der Waals surface area contributed by atoms with Crippen molar-refractivity contribution >= 4 is 45.2 Å². The monoisotopic (exact) mass is 1070 g/mol. The number of rotatable bonds is 14. The number of fused-ring (bicyclic) bond motifs is 1. The van der Waals surface area contributed by atoms with E-state index in [1.54, 1.807) is 0 Å². The lowest BCUT2D eigenvalue weighted by atomic mass is 9.94. The van der Waals surface area contributed by atoms with Crippen molar-refractivity contribution in [2.75, 3.05) is 9.80 Å². The minimum atomic E-state index is 0.843. The Morgan fingerprint density at radius 1 is 0.155 bits per heavy atom. The predicted octanol–water partition coefficient (Wildman–Crippen LogP) is 21.9. The van der Waals surface area contributed by atoms with Gasteiger partial charge in [0.2, 0.25) is 0 Å². The van der Waals surface area contributed by atoms with Gasteiger partial charge in [0, 0.05) is 45.3 Å². The summed E-state index contributed by atoms with van der Waals surface area (Å²) in [4.78, 5) is 15.2. The molecule has 1 heterocycles. The summed E-state index contributed by atoms with van der Waals surface area (Å²) in [6, 6.07) is 121. The Labute approximate surface area is 491 Å². The molecule has 0 aliphatic carbocycles. The van der Waals surface area contributed by atoms with Gasteiger partial charge in [-0.15, -0.1) is 0 Å². The Morgan fingerprint density at radius 2 is 0.357 bits per heavy atom. The van der Waals surface area contributed by atoms with Gasteiger partial charge < -0.3 is 9.80 Å². The van der Waals surface area contributed by atoms with Crippen LogP contribution in [0.1, 0.15) is 0 Å². The first-order valence-electron chi connectivity index (χ1n) is 28.5. The van der Waals surface area contributed by atoms with Crippen LogP contribution in [-0.2, 0) is 0 Å². The minimum absolute atomic E-state index is 0.843. The van der Waals surface area contributed by atoms with Crippen molar-refractivity contribution in [3.05, 3.63) is 340 Å². The molecule has 0 saturated heterocycles. The second-order valence-electron chi connectivity index (χ2n) is 20.9. The van der Waals surface area contributed by atoms with Gasteiger partial charge in [0.25, 0.3) is 0 Å². The molecule has 0 N–H and O–H groups in total. The smallest absolute Gasteiger partial charge is 0.0973 e. The van der Waals surface area contributed by atoms with Crippen LogP contribution < -0.4 is 9.80 Å². The average molecular weight is 1070 g/mol. The van der Waals surface area contributed by atoms with Crippen LogP contribution in [0, 0.1) is 0 Å². The maximum Gasteiger partial charge on any atom is 0.0973 e. The van der Waals surface area contributed by atoms with Crippen LogP contribution in [-0.4, -0.2) is 9.97 Å². The van der Waals surface area contributed by atoms with Gasteiger partial charge in [-0.2, -0.15) is 0 Å². The van der Waals surface area contributed by atoms with Gasteiger partial charge >= 0.3 is 0 Å². The normalized spacial score (nSPS) is 11.1. The first-order valence-corrected chi connectivity index (χ1v) is 28.5. The third-order valence-corrected chi connectivity index (χ3v) is 15.7. The van der Waals surface area contributed by atoms with Gasteiger partial charge in [-0.3, -0.25) is 0 Å². The molecule has 0 saturated carbocycles. The van der Waals surface area contributed by atoms with Crippen LogP contribution in [0.15, 0.2) is 340 Å². The molecule has 0 aliphatic heterocycles. The number of hydrogen-bond acceptors (Lipinski definition) is 4. The van der Waals surface area contributed by atoms with Gasteiger partial charge in [-0.05, 0) is 152 Å². The molecule has 4 nitrogen and oxygen atoms in total. The number of anilines is 6. The Morgan fingerprint density at radius 3 is 0.655 bits per heavy atom. The highest BCUT2D eigenvalue weighted by atomic mass is 15.1. The molecule has 0 amide bonds. The molecule has 396 valence electrons. The summed E-state index contributed by atoms with van der Waals surface area (Å²) in [5, 5.41) is 0. The zero-order valence-corrected chi connectivity index (χ0v) is 46.1. The highest BCUT2D eigenvalue weighted by Crippen LogP contribution is 2.42. The fraction of sp³-hybridized carbons (Fsp3) is 0. The van der Waals surface area contributed by atoms with E-state index in [9.17, 15) is 0 Å². The average Bonchev–Trinajstić information content (AvgIpc) is 3.53. The largest absolute Gasteiger partial charge is 0.311 e. The number of para-hydroxylation sites is 4. The summed E-state index contributed by atoms with van der Waals surface area (Å²) in [7, 11) is 0. The topological polar surface area (TPSA) is 32.3 Å². The molecule has 0 radical (unpaired) electrons. The number of hydrogen-bond donors (Lipinski definition) is 0. The molecule has 14 rings (SSSR count). The third kappa shape index (κ3) is 10.4. The van der Waals surface area contributed by atoms with Gasteiger partial charge in [0.05, 0.1) is 22.4 Å². The van der Waals surface area contributed by atoms with Gasteiger partial charge in [-0.1, -0.05) is 255 Å². The van der Waals surface area contributed by atoms with E-state index in [2.05, 4.69) is 325 Å². The van der Waals surface area contributed by atoms with Crippen molar-refractivity contribution in [2.45, 2.75) is 0 Å². The molecule has 0 aliphatic rings. The number of nitrogens with zero attached hydrogens (tertiary/aromatic N) is 4. The predicted molar refractivity (Wildman–Crippen MR) is 352 cm³/mol. The minimum Gasteiger partial charge on any atom is -0.311 e. The fourth-order valence-corrected chi connectivity index (χ4v) is 11.5. The first kappa shape index (κ1) is 51.0. The maximum atomic E-state index is 5.27. The molecule has 14 aromatic rings. The summed E-state index contributed by atoms with van der Waals surface area (Å²) in [5.41, 5.74) is 26.0. The maximum absolute atomic E-state index is 5.27. The van der Waals surface area contributed by atoms with E-state index in [1.165, 1.54) is 44.5 Å². The molecular formula is C80H56N4. The molecular weight excluding hydrogens is 1020 g/mol. The third-order valence-electron chi connectivity index (χ3n) is 15.7. The summed E-state index contributed by atoms with van der Waals surface area (Å²) < 4.78 is 0. The second kappa shape index (κ2) is 23.1. The Bertz CT molecular complexity index is 4220. The van der Waals surface area contributed by atoms with Crippen molar-refractivity contribution in [3.8, 4) is 89.3 Å². The number of benzene rings is 13. The van der Waals surface area contributed by atoms with E-state index in [0.29, 0.717) is 0 Å². The van der Waals surface area contributed by atoms with Gasteiger partial charge in [-0.25, -0.2) is 9.97 Å². The molecule has 0 fully saturated rings. The Balaban J connectivity index is 0.717. The van der Waals surface area contributed by atoms with E-state index in [-0.39, 0.29) is 0 Å². The second-order valence-corrected chi connectivity index (χ2v) is 20.9. The Kier molecular flexibility index (Phi) is 14.0. The van der Waals surface area contributed by atoms with Crippen molar-refractivity contribution in [1.82, 2.24) is 9.97 Å². The number of aromatic nitrogens is 2. The highest BCUT2D eigenvalue weighted by Gasteiger charge is 2.19. The molecule has 0 unspecified atom stereocenters. The molecule has 0 spiro atoms. The molecule has 0 atom stereocenters. The van der Waals surface area contributed by atoms with E-state index >= 15 is 0 Å². The van der Waals surface area contributed by atoms with Crippen molar-refractivity contribution in [1.29, 1.82) is 0 Å². The zero-order valence-electron chi connectivity index (χ0n) is 46.1. The standard InChI is InChI=1S/C80H56N4/c1-5-19-61(20-6-1)73-27-13-15-29-75(73)63-45-53-71(54-46-63)83(67-23-9-3-10-24-67)69-49-41-59(42-50-69)57-33-37-65(38-34-57)79-80(82-78-32-18-17-31-77(78)81-79)66-39-35-58(36-40-66)60-43-51-70(52-44-60)84(68-25-11-4-12-26-68)72-55-47-64(48-56-72)76-30-16-14-28-74(76)62-21-7-2-8-22-62/h1-56H. The SMILES string of the molecule is c1ccc(-c2ccccc2-c2ccc(N(c3ccccc3)c3ccc(-c4ccc(-c5nc6ccccc6nc5-c5ccc(-c6ccc(N(c7ccccc7)c7ccc(-c8ccccc8-c8ccccc8)cc7)cc6)cc5)cc4)cc3)cc2)cc1. The van der Waals surface area contributed by atoms with Crippen molar-refractivity contribution in [3.63, 3.8) is 0 Å². The quantitative estimate of drug-likeness (QED) is 0.109. The van der Waals surface area contributed by atoms with Gasteiger partial charge in [0.15, 0.2) is 0 Å². The molecule has 0 bridgehead atoms. The van der Waals surface area contributed by atoms with Crippen molar-refractivity contribution < 1.29 is 0 Å². The molecule has 13 aromatic carbocycles. The first-order chi connectivity index (χ1) is 41.6. The lowest BCUT2D eigenvalue weighted by molar-refractivity contribution is 1.28. The highest BCUT2D eigenvalue weighted by molar-refractivity contribution is 5.90. The molecule has 1 aromatic heterocycles. The van der Waals surface area contributed by atoms with Crippen LogP contribution in [0.2, 0.25) is 0 Å². The lowest BCUT2D eigenvalue weighted by Gasteiger charge is -2.26. The van der Waals surface area contributed by atoms with Crippen molar-refractivity contribution in [2.24, 2.45) is 0 Å². The lowest BCUT2D eigenvalue weighted by Crippen LogP contribution is -2.09. The summed E-state index contributed by atoms with van der Waals surface area (Å²) >= 11 is 0. The van der Waals surface area contributed by atoms with E-state index in [1.807, 2.05) is 24.3 Å². The van der Waals surface area contributed by atoms with Crippen LogP contribution >= 0.6 is 0 Å². The fourth-order valence-electron chi connectivity index (χ4n) is 11.5. The van der Waals surface area contributed by atoms with Gasteiger partial charge in [0.1, 0.15) is 0 Å². The summed E-state index contributed by atoms with van der Waals surface area (Å²) in [6.45, 7) is 0. The summed E-state index contributed by atoms with van der Waals surface area (Å²) in [5.74, 6) is 0. The van der Waals surface area contributed by atoms with E-state index in [4.69, 9.17) is 9.97 Å². The van der Waals surface area contributed by atoms with Crippen LogP contribution in [0.3, 0.4) is 0 Å². The Hall–Kier alpha value is -11.2.